The first-order valence-electron chi connectivity index (χ1n) is 5.19. The molecule has 0 aromatic carbocycles. The van der Waals surface area contributed by atoms with E-state index in [2.05, 4.69) is 34.6 Å². The zero-order valence-electron chi connectivity index (χ0n) is 9.55. The van der Waals surface area contributed by atoms with Gasteiger partial charge in [0.15, 0.2) is 0 Å². The van der Waals surface area contributed by atoms with Crippen molar-refractivity contribution in [2.24, 2.45) is 0 Å². The third-order valence-corrected chi connectivity index (χ3v) is 2.04. The molecule has 0 bridgehead atoms. The second-order valence-electron chi connectivity index (χ2n) is 3.53. The van der Waals surface area contributed by atoms with Crippen molar-refractivity contribution in [3.63, 3.8) is 0 Å². The standard InChI is InChI=1S/C9H14O.C3H8/c1-4-7(2)9-6-10-5-8(9)3;1-3-2/h5-7H,4H2,1-3H3;3H2,1-2H3. The summed E-state index contributed by atoms with van der Waals surface area (Å²) in [7, 11) is 0. The van der Waals surface area contributed by atoms with Gasteiger partial charge >= 0.3 is 0 Å². The number of rotatable bonds is 2. The van der Waals surface area contributed by atoms with Gasteiger partial charge in [-0.3, -0.25) is 0 Å². The van der Waals surface area contributed by atoms with E-state index in [9.17, 15) is 0 Å². The summed E-state index contributed by atoms with van der Waals surface area (Å²) in [5.41, 5.74) is 2.62. The maximum absolute atomic E-state index is 5.07. The van der Waals surface area contributed by atoms with E-state index < -0.39 is 0 Å². The highest BCUT2D eigenvalue weighted by Crippen LogP contribution is 2.22. The monoisotopic (exact) mass is 182 g/mol. The molecule has 0 spiro atoms. The van der Waals surface area contributed by atoms with E-state index in [1.165, 1.54) is 24.0 Å². The van der Waals surface area contributed by atoms with E-state index in [-0.39, 0.29) is 0 Å². The van der Waals surface area contributed by atoms with Gasteiger partial charge in [-0.15, -0.1) is 0 Å². The van der Waals surface area contributed by atoms with Crippen LogP contribution in [-0.2, 0) is 0 Å². The Balaban J connectivity index is 0.000000424. The summed E-state index contributed by atoms with van der Waals surface area (Å²) in [6, 6.07) is 0. The Bertz CT molecular complexity index is 213. The lowest BCUT2D eigenvalue weighted by Crippen LogP contribution is -1.89. The predicted molar refractivity (Wildman–Crippen MR) is 58.1 cm³/mol. The molecule has 0 N–H and O–H groups in total. The smallest absolute Gasteiger partial charge is 0.0940 e. The lowest BCUT2D eigenvalue weighted by atomic mass is 9.99. The Morgan fingerprint density at radius 2 is 1.77 bits per heavy atom. The molecule has 1 aromatic heterocycles. The largest absolute Gasteiger partial charge is 0.472 e. The molecule has 0 fully saturated rings. The fourth-order valence-corrected chi connectivity index (χ4v) is 1.10. The van der Waals surface area contributed by atoms with Crippen LogP contribution in [0.4, 0.5) is 0 Å². The first kappa shape index (κ1) is 12.3. The molecule has 1 rings (SSSR count). The van der Waals surface area contributed by atoms with Gasteiger partial charge in [-0.25, -0.2) is 0 Å². The molecule has 0 aliphatic heterocycles. The summed E-state index contributed by atoms with van der Waals surface area (Å²) in [4.78, 5) is 0. The highest BCUT2D eigenvalue weighted by molar-refractivity contribution is 5.22. The molecule has 1 unspecified atom stereocenters. The fraction of sp³-hybridized carbons (Fsp3) is 0.667. The van der Waals surface area contributed by atoms with E-state index in [0.717, 1.165) is 0 Å². The summed E-state index contributed by atoms with van der Waals surface area (Å²) < 4.78 is 5.07. The Morgan fingerprint density at radius 1 is 1.23 bits per heavy atom. The second-order valence-corrected chi connectivity index (χ2v) is 3.53. The van der Waals surface area contributed by atoms with Crippen molar-refractivity contribution in [2.45, 2.75) is 53.4 Å². The third kappa shape index (κ3) is 4.16. The summed E-state index contributed by atoms with van der Waals surface area (Å²) >= 11 is 0. The summed E-state index contributed by atoms with van der Waals surface area (Å²) in [5, 5.41) is 0. The number of aryl methyl sites for hydroxylation is 1. The Morgan fingerprint density at radius 3 is 2.08 bits per heavy atom. The Hall–Kier alpha value is -0.720. The quantitative estimate of drug-likeness (QED) is 0.655. The van der Waals surface area contributed by atoms with Crippen LogP contribution in [0.15, 0.2) is 16.9 Å². The molecule has 13 heavy (non-hydrogen) atoms. The minimum Gasteiger partial charge on any atom is -0.472 e. The van der Waals surface area contributed by atoms with Crippen LogP contribution in [0.1, 0.15) is 57.6 Å². The third-order valence-electron chi connectivity index (χ3n) is 2.04. The van der Waals surface area contributed by atoms with Crippen LogP contribution in [-0.4, -0.2) is 0 Å². The lowest BCUT2D eigenvalue weighted by Gasteiger charge is -2.04. The molecule has 1 heterocycles. The first-order chi connectivity index (χ1) is 6.17. The van der Waals surface area contributed by atoms with Crippen molar-refractivity contribution >= 4 is 0 Å². The van der Waals surface area contributed by atoms with Gasteiger partial charge in [-0.1, -0.05) is 34.1 Å². The molecule has 1 atom stereocenters. The summed E-state index contributed by atoms with van der Waals surface area (Å²) in [5.74, 6) is 0.638. The Kier molecular flexibility index (Phi) is 6.38. The van der Waals surface area contributed by atoms with Gasteiger partial charge in [-0.05, 0) is 30.4 Å². The highest BCUT2D eigenvalue weighted by atomic mass is 16.3. The number of hydrogen-bond acceptors (Lipinski definition) is 1. The van der Waals surface area contributed by atoms with Crippen LogP contribution in [0.5, 0.6) is 0 Å². The highest BCUT2D eigenvalue weighted by Gasteiger charge is 2.06. The van der Waals surface area contributed by atoms with E-state index in [4.69, 9.17) is 4.42 Å². The first-order valence-corrected chi connectivity index (χ1v) is 5.19. The molecule has 0 aliphatic carbocycles. The van der Waals surface area contributed by atoms with Gasteiger partial charge in [0, 0.05) is 0 Å². The van der Waals surface area contributed by atoms with Crippen molar-refractivity contribution in [3.8, 4) is 0 Å². The molecular formula is C12H22O. The number of furan rings is 1. The van der Waals surface area contributed by atoms with E-state index in [0.29, 0.717) is 5.92 Å². The van der Waals surface area contributed by atoms with Crippen molar-refractivity contribution in [2.75, 3.05) is 0 Å². The topological polar surface area (TPSA) is 13.1 Å². The maximum Gasteiger partial charge on any atom is 0.0940 e. The molecule has 1 aromatic rings. The molecule has 0 aliphatic rings. The van der Waals surface area contributed by atoms with Gasteiger partial charge in [0.2, 0.25) is 0 Å². The van der Waals surface area contributed by atoms with Crippen LogP contribution in [0.3, 0.4) is 0 Å². The molecule has 0 radical (unpaired) electrons. The van der Waals surface area contributed by atoms with Gasteiger partial charge in [-0.2, -0.15) is 0 Å². The second kappa shape index (κ2) is 6.76. The SMILES string of the molecule is CCC.CCC(C)c1cocc1C. The average Bonchev–Trinajstić information content (AvgIpc) is 2.52. The minimum atomic E-state index is 0.638. The van der Waals surface area contributed by atoms with Crippen LogP contribution in [0, 0.1) is 6.92 Å². The van der Waals surface area contributed by atoms with E-state index >= 15 is 0 Å². The van der Waals surface area contributed by atoms with Gasteiger partial charge < -0.3 is 4.42 Å². The average molecular weight is 182 g/mol. The molecule has 0 saturated carbocycles. The van der Waals surface area contributed by atoms with E-state index in [1.807, 2.05) is 12.5 Å². The van der Waals surface area contributed by atoms with Crippen LogP contribution < -0.4 is 0 Å². The van der Waals surface area contributed by atoms with Gasteiger partial charge in [0.1, 0.15) is 0 Å². The van der Waals surface area contributed by atoms with Crippen LogP contribution in [0.2, 0.25) is 0 Å². The molecule has 1 heteroatoms. The van der Waals surface area contributed by atoms with Crippen molar-refractivity contribution in [1.29, 1.82) is 0 Å². The minimum absolute atomic E-state index is 0.638. The molecule has 0 saturated heterocycles. The fourth-order valence-electron chi connectivity index (χ4n) is 1.10. The molecular weight excluding hydrogens is 160 g/mol. The maximum atomic E-state index is 5.07. The van der Waals surface area contributed by atoms with Gasteiger partial charge in [0.05, 0.1) is 12.5 Å². The molecule has 76 valence electrons. The molecule has 1 nitrogen and oxygen atoms in total. The van der Waals surface area contributed by atoms with Crippen molar-refractivity contribution < 1.29 is 4.42 Å². The van der Waals surface area contributed by atoms with Crippen LogP contribution >= 0.6 is 0 Å². The predicted octanol–water partition coefficient (Wildman–Crippen LogP) is 4.52. The summed E-state index contributed by atoms with van der Waals surface area (Å²) in [6.45, 7) is 10.7. The summed E-state index contributed by atoms with van der Waals surface area (Å²) in [6.07, 6.45) is 6.09. The lowest BCUT2D eigenvalue weighted by molar-refractivity contribution is 0.558. The molecule has 0 amide bonds. The zero-order valence-corrected chi connectivity index (χ0v) is 9.55. The Labute approximate surface area is 82.2 Å². The number of hydrogen-bond donors (Lipinski definition) is 0. The van der Waals surface area contributed by atoms with Gasteiger partial charge in [0.25, 0.3) is 0 Å². The zero-order chi connectivity index (χ0) is 10.3. The normalized spacial score (nSPS) is 11.8. The van der Waals surface area contributed by atoms with Crippen molar-refractivity contribution in [1.82, 2.24) is 0 Å². The van der Waals surface area contributed by atoms with Crippen LogP contribution in [0.25, 0.3) is 0 Å². The van der Waals surface area contributed by atoms with Crippen molar-refractivity contribution in [3.05, 3.63) is 23.7 Å². The van der Waals surface area contributed by atoms with E-state index in [1.54, 1.807) is 0 Å².